The number of benzene rings is 1. The molecule has 4 rings (SSSR count). The van der Waals surface area contributed by atoms with Crippen molar-refractivity contribution in [2.45, 2.75) is 6.92 Å². The van der Waals surface area contributed by atoms with Crippen molar-refractivity contribution in [1.82, 2.24) is 24.6 Å². The largest absolute Gasteiger partial charge is 0.382 e. The van der Waals surface area contributed by atoms with Gasteiger partial charge >= 0.3 is 0 Å². The van der Waals surface area contributed by atoms with Crippen molar-refractivity contribution in [2.75, 3.05) is 5.43 Å². The van der Waals surface area contributed by atoms with Gasteiger partial charge in [-0.15, -0.1) is 10.2 Å². The maximum Gasteiger partial charge on any atom is 0.293 e. The minimum atomic E-state index is -0.919. The van der Waals surface area contributed by atoms with Crippen LogP contribution in [0.3, 0.4) is 0 Å². The first-order valence-corrected chi connectivity index (χ1v) is 10.3. The molecule has 0 saturated heterocycles. The van der Waals surface area contributed by atoms with Crippen LogP contribution in [-0.4, -0.2) is 42.0 Å². The molecule has 12 nitrogen and oxygen atoms in total. The fourth-order valence-electron chi connectivity index (χ4n) is 2.96. The van der Waals surface area contributed by atoms with Crippen molar-refractivity contribution in [2.24, 2.45) is 21.6 Å². The van der Waals surface area contributed by atoms with Gasteiger partial charge in [-0.25, -0.2) is 4.99 Å². The van der Waals surface area contributed by atoms with Crippen LogP contribution in [0, 0.1) is 6.92 Å². The van der Waals surface area contributed by atoms with Crippen LogP contribution in [0.5, 0.6) is 0 Å². The van der Waals surface area contributed by atoms with Gasteiger partial charge in [-0.05, 0) is 31.2 Å². The van der Waals surface area contributed by atoms with E-state index in [1.165, 1.54) is 6.20 Å². The van der Waals surface area contributed by atoms with E-state index in [-0.39, 0.29) is 38.5 Å². The van der Waals surface area contributed by atoms with E-state index in [1.54, 1.807) is 47.9 Å². The molecular formula is C20H16Cl2N10O2. The molecule has 3 aromatic heterocycles. The van der Waals surface area contributed by atoms with Crippen LogP contribution in [0.1, 0.15) is 5.69 Å². The lowest BCUT2D eigenvalue weighted by Crippen LogP contribution is -2.36. The van der Waals surface area contributed by atoms with E-state index < -0.39 is 5.91 Å². The maximum atomic E-state index is 12.0. The van der Waals surface area contributed by atoms with Gasteiger partial charge in [-0.2, -0.15) is 5.10 Å². The first kappa shape index (κ1) is 22.9. The Balaban J connectivity index is 1.63. The number of hydrogen-bond donors (Lipinski definition) is 4. The van der Waals surface area contributed by atoms with Gasteiger partial charge in [0.15, 0.2) is 17.4 Å². The molecule has 6 N–H and O–H groups in total. The summed E-state index contributed by atoms with van der Waals surface area (Å²) in [5.41, 5.74) is 15.1. The minimum Gasteiger partial charge on any atom is -0.382 e. The molecule has 4 aromatic rings. The number of anilines is 1. The number of H-pyrrole nitrogens is 1. The first-order valence-electron chi connectivity index (χ1n) is 9.58. The number of aromatic nitrogens is 5. The third kappa shape index (κ3) is 4.44. The van der Waals surface area contributed by atoms with E-state index in [1.807, 2.05) is 0 Å². The Morgan fingerprint density at radius 2 is 1.88 bits per heavy atom. The summed E-state index contributed by atoms with van der Waals surface area (Å²) in [5.74, 6) is -0.799. The molecule has 1 aromatic carbocycles. The van der Waals surface area contributed by atoms with Gasteiger partial charge in [0, 0.05) is 11.9 Å². The standard InChI is InChI=1S/C20H16Cl2N10O2/c1-9-7-26-20(34)19-31-30-18(32(9)19)13-6-5-10(8-25-13)27-16(23)15(17(24)33)29-28-14-11(21)3-2-4-12(14)22/h2-8,28H,1H3,(H2,23,27)(H2,24,33)(H,26,34)/b29-15+. The predicted octanol–water partition coefficient (Wildman–Crippen LogP) is 2.04. The lowest BCUT2D eigenvalue weighted by Gasteiger charge is -2.08. The van der Waals surface area contributed by atoms with Gasteiger partial charge < -0.3 is 16.5 Å². The number of nitrogens with one attached hydrogen (secondary N) is 2. The summed E-state index contributed by atoms with van der Waals surface area (Å²) in [4.78, 5) is 34.9. The van der Waals surface area contributed by atoms with Crippen molar-refractivity contribution >= 4 is 57.7 Å². The highest BCUT2D eigenvalue weighted by Crippen LogP contribution is 2.29. The number of aryl methyl sites for hydroxylation is 1. The third-order valence-electron chi connectivity index (χ3n) is 4.58. The monoisotopic (exact) mass is 498 g/mol. The van der Waals surface area contributed by atoms with Crippen LogP contribution < -0.4 is 22.5 Å². The van der Waals surface area contributed by atoms with E-state index >= 15 is 0 Å². The Morgan fingerprint density at radius 1 is 1.15 bits per heavy atom. The van der Waals surface area contributed by atoms with E-state index in [0.29, 0.717) is 17.2 Å². The van der Waals surface area contributed by atoms with Gasteiger partial charge in [0.2, 0.25) is 5.65 Å². The quantitative estimate of drug-likeness (QED) is 0.178. The number of rotatable bonds is 6. The zero-order valence-corrected chi connectivity index (χ0v) is 19.0. The highest BCUT2D eigenvalue weighted by atomic mass is 35.5. The van der Waals surface area contributed by atoms with Crippen LogP contribution in [0.2, 0.25) is 10.0 Å². The Morgan fingerprint density at radius 3 is 2.53 bits per heavy atom. The Labute approximate surface area is 201 Å². The van der Waals surface area contributed by atoms with Crippen molar-refractivity contribution in [1.29, 1.82) is 0 Å². The number of aromatic amines is 1. The number of pyridine rings is 1. The Kier molecular flexibility index (Phi) is 6.25. The van der Waals surface area contributed by atoms with Crippen molar-refractivity contribution in [3.05, 3.63) is 68.8 Å². The number of amidine groups is 1. The molecule has 0 bridgehead atoms. The highest BCUT2D eigenvalue weighted by molar-refractivity contribution is 6.66. The van der Waals surface area contributed by atoms with Crippen LogP contribution in [0.25, 0.3) is 17.2 Å². The van der Waals surface area contributed by atoms with Gasteiger partial charge in [-0.3, -0.25) is 24.4 Å². The third-order valence-corrected chi connectivity index (χ3v) is 5.21. The number of amides is 1. The van der Waals surface area contributed by atoms with E-state index in [9.17, 15) is 9.59 Å². The fourth-order valence-corrected chi connectivity index (χ4v) is 3.44. The van der Waals surface area contributed by atoms with Gasteiger partial charge in [0.05, 0.1) is 27.6 Å². The summed E-state index contributed by atoms with van der Waals surface area (Å²) < 4.78 is 1.59. The number of carbonyl (C=O) groups is 1. The predicted molar refractivity (Wildman–Crippen MR) is 130 cm³/mol. The average molecular weight is 499 g/mol. The highest BCUT2D eigenvalue weighted by Gasteiger charge is 2.16. The molecule has 0 aliphatic carbocycles. The van der Waals surface area contributed by atoms with Crippen molar-refractivity contribution < 1.29 is 4.79 Å². The second-order valence-electron chi connectivity index (χ2n) is 6.87. The molecular weight excluding hydrogens is 483 g/mol. The molecule has 0 radical (unpaired) electrons. The molecule has 0 unspecified atom stereocenters. The minimum absolute atomic E-state index is 0.150. The summed E-state index contributed by atoms with van der Waals surface area (Å²) in [5, 5.41) is 12.5. The van der Waals surface area contributed by atoms with Crippen LogP contribution in [0.4, 0.5) is 11.4 Å². The molecule has 0 saturated carbocycles. The SMILES string of the molecule is Cc1c[nH]c(=O)c2nnc(-c3ccc(N=C(N)/C(=N\Nc4c(Cl)cccc4Cl)C(N)=O)cn3)n12. The summed E-state index contributed by atoms with van der Waals surface area (Å²) >= 11 is 12.2. The maximum absolute atomic E-state index is 12.0. The topological polar surface area (TPSA) is 182 Å². The molecule has 34 heavy (non-hydrogen) atoms. The summed E-state index contributed by atoms with van der Waals surface area (Å²) in [6.07, 6.45) is 2.96. The van der Waals surface area contributed by atoms with Gasteiger partial charge in [-0.1, -0.05) is 29.3 Å². The van der Waals surface area contributed by atoms with Crippen LogP contribution >= 0.6 is 23.2 Å². The van der Waals surface area contributed by atoms with Crippen molar-refractivity contribution in [3.8, 4) is 11.5 Å². The number of para-hydroxylation sites is 1. The molecule has 0 aliphatic heterocycles. The lowest BCUT2D eigenvalue weighted by molar-refractivity contribution is -0.111. The Bertz CT molecular complexity index is 1500. The van der Waals surface area contributed by atoms with E-state index in [4.69, 9.17) is 34.7 Å². The zero-order valence-electron chi connectivity index (χ0n) is 17.5. The molecule has 172 valence electrons. The summed E-state index contributed by atoms with van der Waals surface area (Å²) in [6, 6.07) is 8.05. The molecule has 1 amide bonds. The Hall–Kier alpha value is -4.29. The molecule has 0 aliphatic rings. The molecule has 3 heterocycles. The molecule has 0 atom stereocenters. The zero-order chi connectivity index (χ0) is 24.4. The summed E-state index contributed by atoms with van der Waals surface area (Å²) in [6.45, 7) is 1.80. The first-order chi connectivity index (χ1) is 16.3. The number of primary amides is 1. The average Bonchev–Trinajstić information content (AvgIpc) is 3.25. The number of aliphatic imine (C=N–C) groups is 1. The number of hydrazone groups is 1. The van der Waals surface area contributed by atoms with Gasteiger partial charge in [0.25, 0.3) is 11.5 Å². The second-order valence-corrected chi connectivity index (χ2v) is 7.69. The smallest absolute Gasteiger partial charge is 0.293 e. The molecule has 0 spiro atoms. The van der Waals surface area contributed by atoms with Crippen LogP contribution in [-0.2, 0) is 4.79 Å². The number of hydrogen-bond acceptors (Lipinski definition) is 8. The van der Waals surface area contributed by atoms with E-state index in [0.717, 1.165) is 5.69 Å². The number of fused-ring (bicyclic) bond motifs is 1. The second kappa shape index (κ2) is 9.29. The number of halogens is 2. The number of carbonyl (C=O) groups excluding carboxylic acids is 1. The fraction of sp³-hybridized carbons (Fsp3) is 0.0500. The lowest BCUT2D eigenvalue weighted by atomic mass is 10.3. The van der Waals surface area contributed by atoms with Crippen LogP contribution in [0.15, 0.2) is 57.6 Å². The normalized spacial score (nSPS) is 12.2. The summed E-state index contributed by atoms with van der Waals surface area (Å²) in [7, 11) is 0. The van der Waals surface area contributed by atoms with Gasteiger partial charge in [0.1, 0.15) is 5.69 Å². The number of nitrogens with two attached hydrogens (primary N) is 2. The van der Waals surface area contributed by atoms with E-state index in [2.05, 4.69) is 35.7 Å². The molecule has 14 heteroatoms. The molecule has 0 fully saturated rings. The van der Waals surface area contributed by atoms with Crippen molar-refractivity contribution in [3.63, 3.8) is 0 Å². The number of nitrogens with zero attached hydrogens (tertiary/aromatic N) is 6.